The SMILES string of the molecule is CC[C@@H](C)NC(=O)c1ccc(Oc2ccccc2)cc1. The van der Waals surface area contributed by atoms with Gasteiger partial charge in [-0.3, -0.25) is 4.79 Å². The highest BCUT2D eigenvalue weighted by atomic mass is 16.5. The predicted molar refractivity (Wildman–Crippen MR) is 80.2 cm³/mol. The number of carbonyl (C=O) groups excluding carboxylic acids is 1. The summed E-state index contributed by atoms with van der Waals surface area (Å²) in [6.07, 6.45) is 0.918. The van der Waals surface area contributed by atoms with E-state index in [9.17, 15) is 4.79 Å². The van der Waals surface area contributed by atoms with Gasteiger partial charge in [-0.2, -0.15) is 0 Å². The molecule has 0 heterocycles. The number of nitrogens with one attached hydrogen (secondary N) is 1. The molecule has 104 valence electrons. The highest BCUT2D eigenvalue weighted by molar-refractivity contribution is 5.94. The van der Waals surface area contributed by atoms with Crippen LogP contribution in [0.3, 0.4) is 0 Å². The number of ether oxygens (including phenoxy) is 1. The van der Waals surface area contributed by atoms with Crippen LogP contribution in [0.25, 0.3) is 0 Å². The molecule has 0 spiro atoms. The molecule has 1 amide bonds. The maximum atomic E-state index is 11.9. The van der Waals surface area contributed by atoms with Crippen molar-refractivity contribution in [2.24, 2.45) is 0 Å². The van der Waals surface area contributed by atoms with Crippen LogP contribution in [-0.2, 0) is 0 Å². The van der Waals surface area contributed by atoms with Crippen molar-refractivity contribution in [3.63, 3.8) is 0 Å². The fraction of sp³-hybridized carbons (Fsp3) is 0.235. The lowest BCUT2D eigenvalue weighted by Crippen LogP contribution is -2.31. The van der Waals surface area contributed by atoms with Gasteiger partial charge in [-0.15, -0.1) is 0 Å². The first kappa shape index (κ1) is 14.1. The van der Waals surface area contributed by atoms with Crippen molar-refractivity contribution in [2.45, 2.75) is 26.3 Å². The second kappa shape index (κ2) is 6.75. The van der Waals surface area contributed by atoms with E-state index >= 15 is 0 Å². The number of hydrogen-bond donors (Lipinski definition) is 1. The van der Waals surface area contributed by atoms with Gasteiger partial charge in [0.05, 0.1) is 0 Å². The van der Waals surface area contributed by atoms with Crippen molar-refractivity contribution in [2.75, 3.05) is 0 Å². The molecule has 0 saturated heterocycles. The van der Waals surface area contributed by atoms with Gasteiger partial charge in [-0.05, 0) is 49.7 Å². The molecular formula is C17H19NO2. The lowest BCUT2D eigenvalue weighted by atomic mass is 10.2. The summed E-state index contributed by atoms with van der Waals surface area (Å²) in [7, 11) is 0. The smallest absolute Gasteiger partial charge is 0.251 e. The lowest BCUT2D eigenvalue weighted by Gasteiger charge is -2.11. The van der Waals surface area contributed by atoms with E-state index in [1.807, 2.05) is 44.2 Å². The van der Waals surface area contributed by atoms with Crippen LogP contribution >= 0.6 is 0 Å². The van der Waals surface area contributed by atoms with Crippen LogP contribution in [0.2, 0.25) is 0 Å². The Morgan fingerprint density at radius 1 is 1.05 bits per heavy atom. The number of amides is 1. The largest absolute Gasteiger partial charge is 0.457 e. The van der Waals surface area contributed by atoms with Crippen LogP contribution in [0.4, 0.5) is 0 Å². The molecule has 3 nitrogen and oxygen atoms in total. The Balaban J connectivity index is 2.01. The van der Waals surface area contributed by atoms with E-state index in [1.54, 1.807) is 24.3 Å². The van der Waals surface area contributed by atoms with Gasteiger partial charge in [0, 0.05) is 11.6 Å². The minimum absolute atomic E-state index is 0.0504. The average Bonchev–Trinajstić information content (AvgIpc) is 2.49. The molecule has 0 aliphatic rings. The fourth-order valence-electron chi connectivity index (χ4n) is 1.71. The molecule has 0 aliphatic carbocycles. The molecule has 0 saturated carbocycles. The van der Waals surface area contributed by atoms with Crippen molar-refractivity contribution in [3.05, 3.63) is 60.2 Å². The molecule has 0 bridgehead atoms. The second-order valence-electron chi connectivity index (χ2n) is 4.72. The number of benzene rings is 2. The Bertz CT molecular complexity index is 549. The Morgan fingerprint density at radius 2 is 1.65 bits per heavy atom. The summed E-state index contributed by atoms with van der Waals surface area (Å²) in [5, 5.41) is 2.94. The minimum Gasteiger partial charge on any atom is -0.457 e. The highest BCUT2D eigenvalue weighted by Crippen LogP contribution is 2.21. The van der Waals surface area contributed by atoms with Gasteiger partial charge in [0.1, 0.15) is 11.5 Å². The summed E-state index contributed by atoms with van der Waals surface area (Å²) in [5.41, 5.74) is 0.644. The maximum Gasteiger partial charge on any atom is 0.251 e. The molecule has 0 fully saturated rings. The number of hydrogen-bond acceptors (Lipinski definition) is 2. The van der Waals surface area contributed by atoms with Gasteiger partial charge in [0.2, 0.25) is 0 Å². The Morgan fingerprint density at radius 3 is 2.25 bits per heavy atom. The van der Waals surface area contributed by atoms with E-state index < -0.39 is 0 Å². The molecule has 0 unspecified atom stereocenters. The molecule has 20 heavy (non-hydrogen) atoms. The van der Waals surface area contributed by atoms with Crippen LogP contribution in [0.5, 0.6) is 11.5 Å². The molecule has 1 atom stereocenters. The van der Waals surface area contributed by atoms with Crippen molar-refractivity contribution in [3.8, 4) is 11.5 Å². The summed E-state index contributed by atoms with van der Waals surface area (Å²) in [5.74, 6) is 1.45. The number of rotatable bonds is 5. The normalized spacial score (nSPS) is 11.7. The zero-order valence-corrected chi connectivity index (χ0v) is 11.8. The third-order valence-electron chi connectivity index (χ3n) is 3.09. The van der Waals surface area contributed by atoms with Gasteiger partial charge in [0.25, 0.3) is 5.91 Å². The van der Waals surface area contributed by atoms with Crippen molar-refractivity contribution in [1.82, 2.24) is 5.32 Å². The highest BCUT2D eigenvalue weighted by Gasteiger charge is 2.08. The first-order valence-corrected chi connectivity index (χ1v) is 6.83. The maximum absolute atomic E-state index is 11.9. The third kappa shape index (κ3) is 3.85. The summed E-state index contributed by atoms with van der Waals surface area (Å²) >= 11 is 0. The minimum atomic E-state index is -0.0504. The van der Waals surface area contributed by atoms with Crippen LogP contribution in [0, 0.1) is 0 Å². The molecule has 2 aromatic carbocycles. The predicted octanol–water partition coefficient (Wildman–Crippen LogP) is 4.01. The van der Waals surface area contributed by atoms with E-state index in [0.29, 0.717) is 5.56 Å². The molecule has 0 radical (unpaired) electrons. The summed E-state index contributed by atoms with van der Waals surface area (Å²) < 4.78 is 5.68. The Hall–Kier alpha value is -2.29. The van der Waals surface area contributed by atoms with E-state index in [2.05, 4.69) is 5.32 Å². The Kier molecular flexibility index (Phi) is 4.77. The van der Waals surface area contributed by atoms with Crippen molar-refractivity contribution in [1.29, 1.82) is 0 Å². The molecule has 0 aliphatic heterocycles. The summed E-state index contributed by atoms with van der Waals surface area (Å²) in [6, 6.07) is 16.9. The third-order valence-corrected chi connectivity index (χ3v) is 3.09. The summed E-state index contributed by atoms with van der Waals surface area (Å²) in [4.78, 5) is 11.9. The number of carbonyl (C=O) groups is 1. The van der Waals surface area contributed by atoms with Gasteiger partial charge >= 0.3 is 0 Å². The molecule has 0 aromatic heterocycles. The molecule has 2 rings (SSSR count). The van der Waals surface area contributed by atoms with Crippen LogP contribution in [0.15, 0.2) is 54.6 Å². The topological polar surface area (TPSA) is 38.3 Å². The van der Waals surface area contributed by atoms with Crippen LogP contribution in [0.1, 0.15) is 30.6 Å². The molecule has 3 heteroatoms. The quantitative estimate of drug-likeness (QED) is 0.890. The van der Waals surface area contributed by atoms with E-state index in [1.165, 1.54) is 0 Å². The monoisotopic (exact) mass is 269 g/mol. The van der Waals surface area contributed by atoms with Gasteiger partial charge in [-0.25, -0.2) is 0 Å². The van der Waals surface area contributed by atoms with Gasteiger partial charge in [-0.1, -0.05) is 25.1 Å². The second-order valence-corrected chi connectivity index (χ2v) is 4.72. The molecular weight excluding hydrogens is 250 g/mol. The molecule has 1 N–H and O–H groups in total. The van der Waals surface area contributed by atoms with E-state index in [0.717, 1.165) is 17.9 Å². The zero-order valence-electron chi connectivity index (χ0n) is 11.8. The van der Waals surface area contributed by atoms with Crippen LogP contribution in [-0.4, -0.2) is 11.9 Å². The zero-order chi connectivity index (χ0) is 14.4. The standard InChI is InChI=1S/C17H19NO2/c1-3-13(2)18-17(19)14-9-11-16(12-10-14)20-15-7-5-4-6-8-15/h4-13H,3H2,1-2H3,(H,18,19)/t13-/m1/s1. The van der Waals surface area contributed by atoms with Crippen molar-refractivity contribution >= 4 is 5.91 Å². The average molecular weight is 269 g/mol. The van der Waals surface area contributed by atoms with Gasteiger partial charge in [0.15, 0.2) is 0 Å². The van der Waals surface area contributed by atoms with Gasteiger partial charge < -0.3 is 10.1 Å². The van der Waals surface area contributed by atoms with E-state index in [4.69, 9.17) is 4.74 Å². The Labute approximate surface area is 119 Å². The van der Waals surface area contributed by atoms with Crippen LogP contribution < -0.4 is 10.1 Å². The first-order valence-electron chi connectivity index (χ1n) is 6.83. The number of para-hydroxylation sites is 1. The van der Waals surface area contributed by atoms with E-state index in [-0.39, 0.29) is 11.9 Å². The first-order chi connectivity index (χ1) is 9.69. The lowest BCUT2D eigenvalue weighted by molar-refractivity contribution is 0.0939. The fourth-order valence-corrected chi connectivity index (χ4v) is 1.71. The summed E-state index contributed by atoms with van der Waals surface area (Å²) in [6.45, 7) is 4.03. The van der Waals surface area contributed by atoms with Crippen molar-refractivity contribution < 1.29 is 9.53 Å². The molecule has 2 aromatic rings.